The summed E-state index contributed by atoms with van der Waals surface area (Å²) in [6, 6.07) is -0.817. The van der Waals surface area contributed by atoms with Crippen LogP contribution in [0.1, 0.15) is 20.3 Å². The largest absolute Gasteiger partial charge is 0.480 e. The zero-order chi connectivity index (χ0) is 13.0. The number of aliphatic carboxylic acids is 1. The molecule has 0 aromatic rings. The van der Waals surface area contributed by atoms with E-state index in [1.165, 1.54) is 11.8 Å². The first kappa shape index (κ1) is 13.8. The van der Waals surface area contributed by atoms with Gasteiger partial charge in [-0.1, -0.05) is 0 Å². The van der Waals surface area contributed by atoms with Crippen molar-refractivity contribution >= 4 is 29.5 Å². The minimum atomic E-state index is -1.05. The third-order valence-electron chi connectivity index (χ3n) is 2.19. The highest BCUT2D eigenvalue weighted by Crippen LogP contribution is 2.21. The summed E-state index contributed by atoms with van der Waals surface area (Å²) in [6.07, 6.45) is 0.0843. The Morgan fingerprint density at radius 3 is 2.71 bits per heavy atom. The van der Waals surface area contributed by atoms with Crippen LogP contribution in [0.3, 0.4) is 0 Å². The van der Waals surface area contributed by atoms with E-state index in [4.69, 9.17) is 5.11 Å². The van der Waals surface area contributed by atoms with Gasteiger partial charge < -0.3 is 15.7 Å². The van der Waals surface area contributed by atoms with Crippen LogP contribution in [0.5, 0.6) is 0 Å². The third-order valence-corrected chi connectivity index (χ3v) is 3.50. The van der Waals surface area contributed by atoms with Crippen molar-refractivity contribution < 1.29 is 19.5 Å². The molecule has 0 saturated carbocycles. The standard InChI is InChI=1S/C10H16N2O4S/c1-5(2)11-8(13)3-7-9(14)12-6(4-17-7)10(15)16/h5-7H,3-4H2,1-2H3,(H,11,13)(H,12,14)(H,15,16). The number of carbonyl (C=O) groups is 3. The number of carboxylic acids is 1. The number of nitrogens with one attached hydrogen (secondary N) is 2. The highest BCUT2D eigenvalue weighted by molar-refractivity contribution is 8.00. The minimum absolute atomic E-state index is 0.0333. The molecular weight excluding hydrogens is 244 g/mol. The second-order valence-corrected chi connectivity index (χ2v) is 5.38. The Hall–Kier alpha value is -1.24. The molecule has 1 aliphatic rings. The molecule has 6 nitrogen and oxygen atoms in total. The maximum Gasteiger partial charge on any atom is 0.327 e. The smallest absolute Gasteiger partial charge is 0.327 e. The lowest BCUT2D eigenvalue weighted by molar-refractivity contribution is -0.141. The molecule has 0 bridgehead atoms. The molecule has 0 aromatic carbocycles. The van der Waals surface area contributed by atoms with Crippen molar-refractivity contribution in [2.45, 2.75) is 37.6 Å². The topological polar surface area (TPSA) is 95.5 Å². The first-order valence-corrected chi connectivity index (χ1v) is 6.39. The lowest BCUT2D eigenvalue weighted by Gasteiger charge is -2.26. The van der Waals surface area contributed by atoms with Crippen LogP contribution in [0.15, 0.2) is 0 Å². The minimum Gasteiger partial charge on any atom is -0.480 e. The average molecular weight is 260 g/mol. The van der Waals surface area contributed by atoms with Gasteiger partial charge in [-0.25, -0.2) is 4.79 Å². The van der Waals surface area contributed by atoms with E-state index in [0.29, 0.717) is 5.75 Å². The maximum absolute atomic E-state index is 11.6. The Balaban J connectivity index is 2.45. The molecule has 1 fully saturated rings. The zero-order valence-corrected chi connectivity index (χ0v) is 10.5. The summed E-state index contributed by atoms with van der Waals surface area (Å²) in [7, 11) is 0. The molecule has 96 valence electrons. The number of thioether (sulfide) groups is 1. The monoisotopic (exact) mass is 260 g/mol. The van der Waals surface area contributed by atoms with Crippen molar-refractivity contribution in [2.24, 2.45) is 0 Å². The molecule has 3 N–H and O–H groups in total. The third kappa shape index (κ3) is 4.26. The lowest BCUT2D eigenvalue weighted by Crippen LogP contribution is -2.51. The van der Waals surface area contributed by atoms with Gasteiger partial charge in [-0.15, -0.1) is 11.8 Å². The summed E-state index contributed by atoms with van der Waals surface area (Å²) in [5.41, 5.74) is 0. The van der Waals surface area contributed by atoms with Gasteiger partial charge in [0.2, 0.25) is 11.8 Å². The van der Waals surface area contributed by atoms with Crippen LogP contribution in [0.25, 0.3) is 0 Å². The molecule has 1 aliphatic heterocycles. The molecule has 17 heavy (non-hydrogen) atoms. The number of carbonyl (C=O) groups excluding carboxylic acids is 2. The van der Waals surface area contributed by atoms with Crippen molar-refractivity contribution in [1.82, 2.24) is 10.6 Å². The summed E-state index contributed by atoms with van der Waals surface area (Å²) in [5.74, 6) is -1.33. The predicted octanol–water partition coefficient (Wildman–Crippen LogP) is -0.414. The highest BCUT2D eigenvalue weighted by Gasteiger charge is 2.33. The van der Waals surface area contributed by atoms with E-state index in [1.54, 1.807) is 0 Å². The number of hydrogen-bond acceptors (Lipinski definition) is 4. The van der Waals surface area contributed by atoms with Gasteiger partial charge in [0.15, 0.2) is 0 Å². The van der Waals surface area contributed by atoms with Crippen LogP contribution >= 0.6 is 11.8 Å². The predicted molar refractivity (Wildman–Crippen MR) is 63.7 cm³/mol. The van der Waals surface area contributed by atoms with Crippen molar-refractivity contribution in [3.8, 4) is 0 Å². The van der Waals surface area contributed by atoms with Gasteiger partial charge >= 0.3 is 5.97 Å². The van der Waals surface area contributed by atoms with E-state index in [-0.39, 0.29) is 24.3 Å². The summed E-state index contributed by atoms with van der Waals surface area (Å²) < 4.78 is 0. The Kier molecular flexibility index (Phi) is 4.80. The molecule has 1 heterocycles. The van der Waals surface area contributed by atoms with Crippen LogP contribution in [0, 0.1) is 0 Å². The van der Waals surface area contributed by atoms with Crippen LogP contribution < -0.4 is 10.6 Å². The normalized spacial score (nSPS) is 24.3. The number of rotatable bonds is 4. The van der Waals surface area contributed by atoms with E-state index in [2.05, 4.69) is 10.6 Å². The summed E-state index contributed by atoms with van der Waals surface area (Å²) in [4.78, 5) is 33.7. The number of hydrogen-bond donors (Lipinski definition) is 3. The Morgan fingerprint density at radius 1 is 1.59 bits per heavy atom. The van der Waals surface area contributed by atoms with Crippen LogP contribution in [-0.4, -0.2) is 46.0 Å². The first-order valence-electron chi connectivity index (χ1n) is 5.34. The maximum atomic E-state index is 11.6. The Morgan fingerprint density at radius 2 is 2.24 bits per heavy atom. The quantitative estimate of drug-likeness (QED) is 0.638. The van der Waals surface area contributed by atoms with Crippen LogP contribution in [0.4, 0.5) is 0 Å². The molecule has 0 radical (unpaired) electrons. The molecule has 0 spiro atoms. The molecular formula is C10H16N2O4S. The van der Waals surface area contributed by atoms with Crippen molar-refractivity contribution in [3.05, 3.63) is 0 Å². The molecule has 7 heteroatoms. The molecule has 2 amide bonds. The first-order chi connectivity index (χ1) is 7.90. The van der Waals surface area contributed by atoms with Gasteiger partial charge in [-0.05, 0) is 13.8 Å². The average Bonchev–Trinajstić information content (AvgIpc) is 2.19. The SMILES string of the molecule is CC(C)NC(=O)CC1SCC(C(=O)O)NC1=O. The van der Waals surface area contributed by atoms with Gasteiger partial charge in [-0.2, -0.15) is 0 Å². The molecule has 2 atom stereocenters. The summed E-state index contributed by atoms with van der Waals surface area (Å²) >= 11 is 1.21. The Labute approximate surface area is 104 Å². The summed E-state index contributed by atoms with van der Waals surface area (Å²) in [6.45, 7) is 3.68. The second kappa shape index (κ2) is 5.90. The van der Waals surface area contributed by atoms with E-state index in [9.17, 15) is 14.4 Å². The number of amides is 2. The molecule has 0 aromatic heterocycles. The van der Waals surface area contributed by atoms with Crippen LogP contribution in [-0.2, 0) is 14.4 Å². The van der Waals surface area contributed by atoms with Crippen molar-refractivity contribution in [3.63, 3.8) is 0 Å². The fourth-order valence-electron chi connectivity index (χ4n) is 1.43. The van der Waals surface area contributed by atoms with Gasteiger partial charge in [0, 0.05) is 18.2 Å². The fourth-order valence-corrected chi connectivity index (χ4v) is 2.57. The van der Waals surface area contributed by atoms with Gasteiger partial charge in [-0.3, -0.25) is 9.59 Å². The van der Waals surface area contributed by atoms with E-state index >= 15 is 0 Å². The van der Waals surface area contributed by atoms with Gasteiger partial charge in [0.05, 0.1) is 5.25 Å². The lowest BCUT2D eigenvalue weighted by atomic mass is 10.2. The fraction of sp³-hybridized carbons (Fsp3) is 0.700. The van der Waals surface area contributed by atoms with Crippen LogP contribution in [0.2, 0.25) is 0 Å². The summed E-state index contributed by atoms with van der Waals surface area (Å²) in [5, 5.41) is 13.3. The molecule has 2 unspecified atom stereocenters. The Bertz CT molecular complexity index is 332. The van der Waals surface area contributed by atoms with E-state index < -0.39 is 17.3 Å². The molecule has 0 aliphatic carbocycles. The van der Waals surface area contributed by atoms with E-state index in [1.807, 2.05) is 13.8 Å². The molecule has 1 rings (SSSR count). The van der Waals surface area contributed by atoms with Crippen molar-refractivity contribution in [1.29, 1.82) is 0 Å². The van der Waals surface area contributed by atoms with Gasteiger partial charge in [0.1, 0.15) is 6.04 Å². The van der Waals surface area contributed by atoms with Crippen molar-refractivity contribution in [2.75, 3.05) is 5.75 Å². The second-order valence-electron chi connectivity index (χ2n) is 4.15. The highest BCUT2D eigenvalue weighted by atomic mass is 32.2. The zero-order valence-electron chi connectivity index (χ0n) is 9.73. The molecule has 1 saturated heterocycles. The number of carboxylic acid groups (broad SMARTS) is 1. The van der Waals surface area contributed by atoms with Gasteiger partial charge in [0.25, 0.3) is 0 Å². The van der Waals surface area contributed by atoms with E-state index in [0.717, 1.165) is 0 Å².